The summed E-state index contributed by atoms with van der Waals surface area (Å²) in [4.78, 5) is 37.5. The van der Waals surface area contributed by atoms with Crippen LogP contribution >= 0.6 is 11.8 Å². The van der Waals surface area contributed by atoms with Gasteiger partial charge in [-0.15, -0.1) is 0 Å². The smallest absolute Gasteiger partial charge is 0.337 e. The molecule has 8 heteroatoms. The van der Waals surface area contributed by atoms with Crippen molar-refractivity contribution in [2.24, 2.45) is 0 Å². The molecule has 1 saturated heterocycles. The number of benzene rings is 1. The van der Waals surface area contributed by atoms with Crippen LogP contribution in [0.2, 0.25) is 0 Å². The highest BCUT2D eigenvalue weighted by Crippen LogP contribution is 2.33. The van der Waals surface area contributed by atoms with Crippen LogP contribution in [0.4, 0.5) is 4.79 Å². The number of nitrogens with zero attached hydrogens (tertiary/aromatic N) is 1. The summed E-state index contributed by atoms with van der Waals surface area (Å²) in [6.45, 7) is 0.808. The molecule has 28 heavy (non-hydrogen) atoms. The lowest BCUT2D eigenvalue weighted by atomic mass is 10.1. The van der Waals surface area contributed by atoms with Gasteiger partial charge in [0.15, 0.2) is 0 Å². The fraction of sp³-hybridized carbons (Fsp3) is 0.250. The SMILES string of the molecule is COCCCN1C(=O)S/C(=C/c2ccc(-c3ccc(C(=O)OC)cc3)o2)C1=O. The van der Waals surface area contributed by atoms with E-state index in [0.717, 1.165) is 17.3 Å². The van der Waals surface area contributed by atoms with E-state index < -0.39 is 5.97 Å². The van der Waals surface area contributed by atoms with Crippen molar-refractivity contribution in [3.63, 3.8) is 0 Å². The van der Waals surface area contributed by atoms with Gasteiger partial charge in [0.25, 0.3) is 11.1 Å². The molecule has 2 amide bonds. The van der Waals surface area contributed by atoms with Crippen LogP contribution in [-0.2, 0) is 14.3 Å². The topological polar surface area (TPSA) is 86.1 Å². The highest BCUT2D eigenvalue weighted by molar-refractivity contribution is 8.18. The Morgan fingerprint density at radius 2 is 1.89 bits per heavy atom. The number of thioether (sulfide) groups is 1. The maximum absolute atomic E-state index is 12.4. The molecule has 0 saturated carbocycles. The summed E-state index contributed by atoms with van der Waals surface area (Å²) in [5, 5.41) is -0.294. The average molecular weight is 401 g/mol. The standard InChI is InChI=1S/C20H19NO6S/c1-25-11-3-10-21-18(22)17(28-20(21)24)12-15-8-9-16(27-15)13-4-6-14(7-5-13)19(23)26-2/h4-9,12H,3,10-11H2,1-2H3/b17-12+. The number of esters is 1. The number of rotatable bonds is 7. The van der Waals surface area contributed by atoms with Gasteiger partial charge in [-0.1, -0.05) is 12.1 Å². The van der Waals surface area contributed by atoms with E-state index in [-0.39, 0.29) is 11.1 Å². The van der Waals surface area contributed by atoms with Crippen LogP contribution in [0.25, 0.3) is 17.4 Å². The second kappa shape index (κ2) is 8.90. The van der Waals surface area contributed by atoms with E-state index in [1.807, 2.05) is 0 Å². The van der Waals surface area contributed by atoms with E-state index in [2.05, 4.69) is 4.74 Å². The maximum Gasteiger partial charge on any atom is 0.337 e. The van der Waals surface area contributed by atoms with E-state index in [1.165, 1.54) is 12.0 Å². The van der Waals surface area contributed by atoms with Crippen molar-refractivity contribution in [1.82, 2.24) is 4.90 Å². The van der Waals surface area contributed by atoms with E-state index in [1.54, 1.807) is 49.6 Å². The molecule has 7 nitrogen and oxygen atoms in total. The van der Waals surface area contributed by atoms with Crippen LogP contribution in [0.15, 0.2) is 45.7 Å². The van der Waals surface area contributed by atoms with Crippen LogP contribution in [0.5, 0.6) is 0 Å². The second-order valence-electron chi connectivity index (χ2n) is 5.95. The summed E-state index contributed by atoms with van der Waals surface area (Å²) < 4.78 is 15.4. The molecular weight excluding hydrogens is 382 g/mol. The van der Waals surface area contributed by atoms with Crippen molar-refractivity contribution in [2.45, 2.75) is 6.42 Å². The average Bonchev–Trinajstić information content (AvgIpc) is 3.27. The molecule has 0 aliphatic carbocycles. The Bertz CT molecular complexity index is 915. The fourth-order valence-corrected chi connectivity index (χ4v) is 3.51. The van der Waals surface area contributed by atoms with E-state index in [4.69, 9.17) is 9.15 Å². The number of hydrogen-bond donors (Lipinski definition) is 0. The lowest BCUT2D eigenvalue weighted by Gasteiger charge is -2.11. The van der Waals surface area contributed by atoms with Crippen LogP contribution in [0.1, 0.15) is 22.5 Å². The fourth-order valence-electron chi connectivity index (χ4n) is 2.66. The number of imide groups is 1. The van der Waals surface area contributed by atoms with Crippen molar-refractivity contribution in [1.29, 1.82) is 0 Å². The molecule has 3 rings (SSSR count). The minimum atomic E-state index is -0.409. The zero-order valence-electron chi connectivity index (χ0n) is 15.5. The highest BCUT2D eigenvalue weighted by atomic mass is 32.2. The normalized spacial score (nSPS) is 15.5. The van der Waals surface area contributed by atoms with Gasteiger partial charge in [0, 0.05) is 31.9 Å². The van der Waals surface area contributed by atoms with Gasteiger partial charge in [-0.3, -0.25) is 14.5 Å². The zero-order chi connectivity index (χ0) is 20.1. The Hall–Kier alpha value is -2.84. The Balaban J connectivity index is 1.73. The molecule has 0 bridgehead atoms. The minimum Gasteiger partial charge on any atom is -0.465 e. The number of carbonyl (C=O) groups excluding carboxylic acids is 3. The Kier molecular flexibility index (Phi) is 6.33. The molecule has 0 unspecified atom stereocenters. The molecule has 1 aromatic carbocycles. The zero-order valence-corrected chi connectivity index (χ0v) is 16.3. The molecule has 0 N–H and O–H groups in total. The largest absolute Gasteiger partial charge is 0.465 e. The monoisotopic (exact) mass is 401 g/mol. The van der Waals surface area contributed by atoms with Gasteiger partial charge in [0.2, 0.25) is 0 Å². The van der Waals surface area contributed by atoms with Gasteiger partial charge in [-0.2, -0.15) is 0 Å². The quantitative estimate of drug-likeness (QED) is 0.396. The molecule has 0 spiro atoms. The Morgan fingerprint density at radius 3 is 2.57 bits per heavy atom. The first-order valence-electron chi connectivity index (χ1n) is 8.56. The summed E-state index contributed by atoms with van der Waals surface area (Å²) in [5.41, 5.74) is 1.22. The molecule has 0 radical (unpaired) electrons. The van der Waals surface area contributed by atoms with Gasteiger partial charge in [-0.25, -0.2) is 4.79 Å². The first-order chi connectivity index (χ1) is 13.5. The van der Waals surface area contributed by atoms with Gasteiger partial charge in [0.05, 0.1) is 17.6 Å². The summed E-state index contributed by atoms with van der Waals surface area (Å²) in [6.07, 6.45) is 2.15. The van der Waals surface area contributed by atoms with Crippen LogP contribution < -0.4 is 0 Å². The third-order valence-electron chi connectivity index (χ3n) is 4.09. The van der Waals surface area contributed by atoms with Crippen molar-refractivity contribution < 1.29 is 28.3 Å². The molecule has 1 fully saturated rings. The summed E-state index contributed by atoms with van der Waals surface area (Å²) in [6, 6.07) is 10.3. The molecule has 2 heterocycles. The number of methoxy groups -OCH3 is 2. The molecule has 1 aliphatic heterocycles. The second-order valence-corrected chi connectivity index (χ2v) is 6.94. The number of hydrogen-bond acceptors (Lipinski definition) is 7. The van der Waals surface area contributed by atoms with E-state index >= 15 is 0 Å². The maximum atomic E-state index is 12.4. The van der Waals surface area contributed by atoms with Crippen molar-refractivity contribution in [3.05, 3.63) is 52.6 Å². The van der Waals surface area contributed by atoms with E-state index in [9.17, 15) is 14.4 Å². The summed E-state index contributed by atoms with van der Waals surface area (Å²) in [7, 11) is 2.90. The van der Waals surface area contributed by atoms with E-state index in [0.29, 0.717) is 41.6 Å². The summed E-state index contributed by atoms with van der Waals surface area (Å²) in [5.74, 6) is 0.316. The minimum absolute atomic E-state index is 0.294. The van der Waals surface area contributed by atoms with Crippen molar-refractivity contribution >= 4 is 35.0 Å². The third kappa shape index (κ3) is 4.35. The lowest BCUT2D eigenvalue weighted by molar-refractivity contribution is -0.122. The Morgan fingerprint density at radius 1 is 1.14 bits per heavy atom. The number of furan rings is 1. The van der Waals surface area contributed by atoms with Gasteiger partial charge in [-0.05, 0) is 42.4 Å². The number of carbonyl (C=O) groups is 3. The first-order valence-corrected chi connectivity index (χ1v) is 9.38. The predicted octanol–water partition coefficient (Wildman–Crippen LogP) is 3.81. The molecule has 2 aromatic rings. The molecular formula is C20H19NO6S. The predicted molar refractivity (Wildman–Crippen MR) is 105 cm³/mol. The van der Waals surface area contributed by atoms with Gasteiger partial charge in [0.1, 0.15) is 11.5 Å². The number of ether oxygens (including phenoxy) is 2. The van der Waals surface area contributed by atoms with Crippen molar-refractivity contribution in [2.75, 3.05) is 27.4 Å². The van der Waals surface area contributed by atoms with Gasteiger partial charge >= 0.3 is 5.97 Å². The van der Waals surface area contributed by atoms with Crippen LogP contribution in [0.3, 0.4) is 0 Å². The lowest BCUT2D eigenvalue weighted by Crippen LogP contribution is -2.29. The van der Waals surface area contributed by atoms with Crippen LogP contribution in [-0.4, -0.2) is 49.4 Å². The highest BCUT2D eigenvalue weighted by Gasteiger charge is 2.34. The first kappa shape index (κ1) is 19.9. The molecule has 146 valence electrons. The molecule has 1 aliphatic rings. The number of amides is 2. The molecule has 0 atom stereocenters. The molecule has 1 aromatic heterocycles. The summed E-state index contributed by atoms with van der Waals surface area (Å²) >= 11 is 0.894. The third-order valence-corrected chi connectivity index (χ3v) is 5.00. The Labute approximate surface area is 166 Å². The van der Waals surface area contributed by atoms with Crippen molar-refractivity contribution in [3.8, 4) is 11.3 Å². The van der Waals surface area contributed by atoms with Crippen LogP contribution in [0, 0.1) is 0 Å². The van der Waals surface area contributed by atoms with Gasteiger partial charge < -0.3 is 13.9 Å².